The molecule has 0 fully saturated rings. The van der Waals surface area contributed by atoms with Crippen LogP contribution in [0.4, 0.5) is 5.69 Å². The van der Waals surface area contributed by atoms with E-state index in [1.165, 1.54) is 0 Å². The van der Waals surface area contributed by atoms with Crippen LogP contribution < -0.4 is 5.32 Å². The lowest BCUT2D eigenvalue weighted by Crippen LogP contribution is -2.36. The quantitative estimate of drug-likeness (QED) is 0.865. The molecule has 0 aliphatic heterocycles. The van der Waals surface area contributed by atoms with E-state index >= 15 is 0 Å². The van der Waals surface area contributed by atoms with Crippen LogP contribution in [0.1, 0.15) is 6.92 Å². The second-order valence-corrected chi connectivity index (χ2v) is 5.42. The Morgan fingerprint density at radius 1 is 1.39 bits per heavy atom. The average molecular weight is 263 g/mol. The zero-order valence-electron chi connectivity index (χ0n) is 10.6. The number of hydrogen-bond donors (Lipinski definition) is 2. The molecule has 1 aromatic heterocycles. The number of thioether (sulfide) groups is 1. The summed E-state index contributed by atoms with van der Waals surface area (Å²) < 4.78 is 0. The van der Waals surface area contributed by atoms with Gasteiger partial charge >= 0.3 is 0 Å². The lowest BCUT2D eigenvalue weighted by Gasteiger charge is -2.23. The molecular weight excluding hydrogens is 246 g/mol. The first kappa shape index (κ1) is 13.1. The van der Waals surface area contributed by atoms with Gasteiger partial charge in [-0.25, -0.2) is 0 Å². The summed E-state index contributed by atoms with van der Waals surface area (Å²) in [5.74, 6) is 0.691. The fraction of sp³-hybridized carbons (Fsp3) is 0.385. The number of fused-ring (bicyclic) bond motifs is 1. The van der Waals surface area contributed by atoms with E-state index in [1.54, 1.807) is 18.0 Å². The van der Waals surface area contributed by atoms with Gasteiger partial charge in [-0.3, -0.25) is 0 Å². The van der Waals surface area contributed by atoms with Gasteiger partial charge in [-0.1, -0.05) is 18.2 Å². The van der Waals surface area contributed by atoms with Crippen molar-refractivity contribution in [3.8, 4) is 0 Å². The van der Waals surface area contributed by atoms with Gasteiger partial charge in [0.1, 0.15) is 0 Å². The molecule has 0 radical (unpaired) electrons. The number of rotatable bonds is 5. The maximum Gasteiger partial charge on any atom is 0.0950 e. The number of nitrogens with zero attached hydrogens (tertiary/aromatic N) is 2. The molecule has 0 aliphatic carbocycles. The van der Waals surface area contributed by atoms with Gasteiger partial charge in [0.15, 0.2) is 0 Å². The van der Waals surface area contributed by atoms with Gasteiger partial charge in [0.2, 0.25) is 0 Å². The molecule has 5 heteroatoms. The Morgan fingerprint density at radius 2 is 2.17 bits per heavy atom. The zero-order chi connectivity index (χ0) is 13.0. The predicted molar refractivity (Wildman–Crippen MR) is 77.0 cm³/mol. The third-order valence-electron chi connectivity index (χ3n) is 2.66. The molecule has 1 atom stereocenters. The van der Waals surface area contributed by atoms with Crippen LogP contribution in [0.25, 0.3) is 10.9 Å². The number of anilines is 1. The Kier molecular flexibility index (Phi) is 4.04. The number of nitrogens with one attached hydrogen (secondary N) is 1. The van der Waals surface area contributed by atoms with Crippen molar-refractivity contribution in [3.05, 3.63) is 30.5 Å². The SMILES string of the molecule is CSCC(C)(O)CNc1cnnc2ccccc12. The molecule has 4 nitrogen and oxygen atoms in total. The third kappa shape index (κ3) is 3.11. The Bertz CT molecular complexity index is 525. The number of aliphatic hydroxyl groups is 1. The molecule has 2 rings (SSSR count). The first-order valence-electron chi connectivity index (χ1n) is 5.78. The molecule has 2 aromatic rings. The summed E-state index contributed by atoms with van der Waals surface area (Å²) in [7, 11) is 0. The molecule has 1 heterocycles. The van der Waals surface area contributed by atoms with E-state index in [1.807, 2.05) is 37.4 Å². The van der Waals surface area contributed by atoms with E-state index in [-0.39, 0.29) is 0 Å². The summed E-state index contributed by atoms with van der Waals surface area (Å²) in [6, 6.07) is 7.82. The zero-order valence-corrected chi connectivity index (χ0v) is 11.4. The van der Waals surface area contributed by atoms with Crippen molar-refractivity contribution < 1.29 is 5.11 Å². The average Bonchev–Trinajstić information content (AvgIpc) is 2.36. The van der Waals surface area contributed by atoms with Gasteiger partial charge in [0.05, 0.1) is 23.0 Å². The van der Waals surface area contributed by atoms with Crippen LogP contribution in [0.2, 0.25) is 0 Å². The minimum absolute atomic E-state index is 0.490. The van der Waals surface area contributed by atoms with Crippen molar-refractivity contribution in [1.82, 2.24) is 10.2 Å². The van der Waals surface area contributed by atoms with E-state index in [4.69, 9.17) is 0 Å². The standard InChI is InChI=1S/C13H17N3OS/c1-13(17,9-18-2)8-14-12-7-15-16-11-6-4-3-5-10(11)12/h3-7,17H,8-9H2,1-2H3,(H,14,16). The van der Waals surface area contributed by atoms with Crippen LogP contribution in [-0.2, 0) is 0 Å². The van der Waals surface area contributed by atoms with Crippen LogP contribution in [0.5, 0.6) is 0 Å². The second kappa shape index (κ2) is 5.54. The normalized spacial score (nSPS) is 14.4. The first-order chi connectivity index (χ1) is 8.62. The highest BCUT2D eigenvalue weighted by Gasteiger charge is 2.19. The number of benzene rings is 1. The first-order valence-corrected chi connectivity index (χ1v) is 7.17. The molecular formula is C13H17N3OS. The van der Waals surface area contributed by atoms with Gasteiger partial charge in [0.25, 0.3) is 0 Å². The summed E-state index contributed by atoms with van der Waals surface area (Å²) in [4.78, 5) is 0. The smallest absolute Gasteiger partial charge is 0.0950 e. The Labute approximate surface area is 111 Å². The van der Waals surface area contributed by atoms with Gasteiger partial charge in [-0.2, -0.15) is 22.0 Å². The summed E-state index contributed by atoms with van der Waals surface area (Å²) in [5.41, 5.74) is 1.03. The topological polar surface area (TPSA) is 58.0 Å². The van der Waals surface area contributed by atoms with Gasteiger partial charge in [0, 0.05) is 17.7 Å². The van der Waals surface area contributed by atoms with Crippen molar-refractivity contribution >= 4 is 28.4 Å². The fourth-order valence-corrected chi connectivity index (χ4v) is 2.52. The molecule has 1 aromatic carbocycles. The maximum absolute atomic E-state index is 10.1. The van der Waals surface area contributed by atoms with E-state index in [2.05, 4.69) is 15.5 Å². The minimum Gasteiger partial charge on any atom is -0.387 e. The van der Waals surface area contributed by atoms with Crippen molar-refractivity contribution in [2.75, 3.05) is 23.9 Å². The number of hydrogen-bond acceptors (Lipinski definition) is 5. The number of aromatic nitrogens is 2. The minimum atomic E-state index is -0.732. The Balaban J connectivity index is 2.17. The van der Waals surface area contributed by atoms with Crippen LogP contribution in [0.15, 0.2) is 30.5 Å². The van der Waals surface area contributed by atoms with Crippen molar-refractivity contribution in [2.45, 2.75) is 12.5 Å². The molecule has 0 spiro atoms. The highest BCUT2D eigenvalue weighted by Crippen LogP contribution is 2.21. The molecule has 18 heavy (non-hydrogen) atoms. The molecule has 1 unspecified atom stereocenters. The van der Waals surface area contributed by atoms with E-state index in [0.717, 1.165) is 16.6 Å². The molecule has 0 bridgehead atoms. The molecule has 0 saturated heterocycles. The van der Waals surface area contributed by atoms with Crippen LogP contribution in [0, 0.1) is 0 Å². The van der Waals surface area contributed by atoms with Crippen molar-refractivity contribution in [2.24, 2.45) is 0 Å². The molecule has 2 N–H and O–H groups in total. The summed E-state index contributed by atoms with van der Waals surface area (Å²) >= 11 is 1.63. The van der Waals surface area contributed by atoms with Crippen LogP contribution in [0.3, 0.4) is 0 Å². The molecule has 96 valence electrons. The van der Waals surface area contributed by atoms with E-state index in [0.29, 0.717) is 12.3 Å². The fourth-order valence-electron chi connectivity index (χ4n) is 1.80. The molecule has 0 amide bonds. The van der Waals surface area contributed by atoms with Crippen molar-refractivity contribution in [1.29, 1.82) is 0 Å². The Hall–Kier alpha value is -1.33. The summed E-state index contributed by atoms with van der Waals surface area (Å²) in [6.45, 7) is 2.32. The van der Waals surface area contributed by atoms with E-state index in [9.17, 15) is 5.11 Å². The van der Waals surface area contributed by atoms with E-state index < -0.39 is 5.60 Å². The lowest BCUT2D eigenvalue weighted by atomic mass is 10.1. The van der Waals surface area contributed by atoms with Crippen LogP contribution >= 0.6 is 11.8 Å². The lowest BCUT2D eigenvalue weighted by molar-refractivity contribution is 0.0997. The van der Waals surface area contributed by atoms with Crippen LogP contribution in [-0.4, -0.2) is 39.5 Å². The summed E-state index contributed by atoms with van der Waals surface area (Å²) in [6.07, 6.45) is 3.68. The largest absolute Gasteiger partial charge is 0.387 e. The summed E-state index contributed by atoms with van der Waals surface area (Å²) in [5, 5.41) is 22.4. The van der Waals surface area contributed by atoms with Gasteiger partial charge < -0.3 is 10.4 Å². The highest BCUT2D eigenvalue weighted by molar-refractivity contribution is 7.98. The Morgan fingerprint density at radius 3 is 2.94 bits per heavy atom. The predicted octanol–water partition coefficient (Wildman–Crippen LogP) is 2.16. The second-order valence-electron chi connectivity index (χ2n) is 4.56. The third-order valence-corrected chi connectivity index (χ3v) is 3.57. The molecule has 0 saturated carbocycles. The van der Waals surface area contributed by atoms with Crippen molar-refractivity contribution in [3.63, 3.8) is 0 Å². The maximum atomic E-state index is 10.1. The molecule has 0 aliphatic rings. The van der Waals surface area contributed by atoms with Gasteiger partial charge in [-0.05, 0) is 19.2 Å². The highest BCUT2D eigenvalue weighted by atomic mass is 32.2. The monoisotopic (exact) mass is 263 g/mol. The van der Waals surface area contributed by atoms with Gasteiger partial charge in [-0.15, -0.1) is 0 Å².